The van der Waals surface area contributed by atoms with Crippen LogP contribution < -0.4 is 16.4 Å². The molecule has 7 heteroatoms. The molecule has 0 spiro atoms. The summed E-state index contributed by atoms with van der Waals surface area (Å²) < 4.78 is 5.28. The molecule has 35 heavy (non-hydrogen) atoms. The summed E-state index contributed by atoms with van der Waals surface area (Å²) in [5, 5.41) is 5.85. The molecular formula is C28H37N3O3S. The van der Waals surface area contributed by atoms with E-state index in [4.69, 9.17) is 10.5 Å². The van der Waals surface area contributed by atoms with Gasteiger partial charge in [-0.3, -0.25) is 4.79 Å². The summed E-state index contributed by atoms with van der Waals surface area (Å²) in [5.74, 6) is -0.149. The molecule has 2 amide bonds. The van der Waals surface area contributed by atoms with E-state index in [0.29, 0.717) is 17.8 Å². The summed E-state index contributed by atoms with van der Waals surface area (Å²) in [4.78, 5) is 26.8. The van der Waals surface area contributed by atoms with Gasteiger partial charge in [-0.05, 0) is 81.6 Å². The highest BCUT2D eigenvalue weighted by Gasteiger charge is 2.17. The number of benzene rings is 2. The molecular weight excluding hydrogens is 458 g/mol. The first-order valence-corrected chi connectivity index (χ1v) is 12.7. The monoisotopic (exact) mass is 495 g/mol. The first-order valence-electron chi connectivity index (χ1n) is 11.8. The van der Waals surface area contributed by atoms with Crippen LogP contribution >= 0.6 is 11.3 Å². The van der Waals surface area contributed by atoms with Crippen LogP contribution in [0.5, 0.6) is 0 Å². The van der Waals surface area contributed by atoms with Gasteiger partial charge in [0, 0.05) is 21.0 Å². The van der Waals surface area contributed by atoms with Gasteiger partial charge in [0.1, 0.15) is 5.60 Å². The van der Waals surface area contributed by atoms with Crippen molar-refractivity contribution in [3.63, 3.8) is 0 Å². The fourth-order valence-electron chi connectivity index (χ4n) is 3.30. The molecule has 0 radical (unpaired) electrons. The molecule has 0 saturated carbocycles. The second kappa shape index (κ2) is 12.4. The zero-order valence-electron chi connectivity index (χ0n) is 21.7. The number of nitrogens with one attached hydrogen (secondary N) is 2. The van der Waals surface area contributed by atoms with Gasteiger partial charge in [-0.1, -0.05) is 38.1 Å². The first-order chi connectivity index (χ1) is 16.5. The molecule has 3 rings (SSSR count). The number of thiophene rings is 1. The van der Waals surface area contributed by atoms with Crippen molar-refractivity contribution in [1.82, 2.24) is 10.6 Å². The molecule has 0 aliphatic carbocycles. The van der Waals surface area contributed by atoms with E-state index in [1.54, 1.807) is 23.5 Å². The Balaban J connectivity index is 0.00000210. The number of hydrogen-bond donors (Lipinski definition) is 3. The molecule has 188 valence electrons. The summed E-state index contributed by atoms with van der Waals surface area (Å²) >= 11 is 1.61. The van der Waals surface area contributed by atoms with Gasteiger partial charge >= 0.3 is 6.09 Å². The maximum absolute atomic E-state index is 12.8. The van der Waals surface area contributed by atoms with Gasteiger partial charge in [0.25, 0.3) is 5.91 Å². The van der Waals surface area contributed by atoms with Crippen LogP contribution in [0.25, 0.3) is 10.4 Å². The molecule has 0 aliphatic heterocycles. The Morgan fingerprint density at radius 3 is 2.46 bits per heavy atom. The molecule has 6 nitrogen and oxygen atoms in total. The number of carbonyl (C=O) groups is 2. The molecule has 1 unspecified atom stereocenters. The number of aryl methyl sites for hydroxylation is 1. The number of ether oxygens (including phenoxy) is 1. The first kappa shape index (κ1) is 27.9. The predicted octanol–water partition coefficient (Wildman–Crippen LogP) is 6.85. The second-order valence-corrected chi connectivity index (χ2v) is 10.2. The molecule has 3 aromatic rings. The van der Waals surface area contributed by atoms with Gasteiger partial charge in [-0.2, -0.15) is 0 Å². The number of nitrogens with two attached hydrogens (primary N) is 1. The maximum atomic E-state index is 12.8. The summed E-state index contributed by atoms with van der Waals surface area (Å²) in [6, 6.07) is 17.3. The van der Waals surface area contributed by atoms with Gasteiger partial charge in [-0.25, -0.2) is 4.79 Å². The Bertz CT molecular complexity index is 1150. The number of nitrogen functional groups attached to an aromatic ring is 1. The lowest BCUT2D eigenvalue weighted by atomic mass is 10.0. The SMILES string of the molecule is CC.Cc1ccc(N)cc1C(=O)NC(C)c1cccc(-c2ccc(CNC(=O)OC(C)(C)C)s2)c1. The van der Waals surface area contributed by atoms with Gasteiger partial charge in [0.2, 0.25) is 0 Å². The lowest BCUT2D eigenvalue weighted by Gasteiger charge is -2.19. The van der Waals surface area contributed by atoms with Crippen LogP contribution in [0.4, 0.5) is 10.5 Å². The lowest BCUT2D eigenvalue weighted by Crippen LogP contribution is -2.31. The van der Waals surface area contributed by atoms with E-state index in [2.05, 4.69) is 16.7 Å². The number of anilines is 1. The number of rotatable bonds is 6. The molecule has 0 saturated heterocycles. The predicted molar refractivity (Wildman–Crippen MR) is 146 cm³/mol. The molecule has 1 atom stereocenters. The third kappa shape index (κ3) is 8.44. The Morgan fingerprint density at radius 1 is 1.06 bits per heavy atom. The maximum Gasteiger partial charge on any atom is 0.407 e. The van der Waals surface area contributed by atoms with Gasteiger partial charge in [0.05, 0.1) is 12.6 Å². The van der Waals surface area contributed by atoms with E-state index in [1.165, 1.54) is 0 Å². The zero-order chi connectivity index (χ0) is 26.2. The van der Waals surface area contributed by atoms with Crippen molar-refractivity contribution in [2.75, 3.05) is 5.73 Å². The molecule has 0 bridgehead atoms. The summed E-state index contributed by atoms with van der Waals surface area (Å²) in [6.07, 6.45) is -0.431. The van der Waals surface area contributed by atoms with Crippen molar-refractivity contribution in [2.45, 2.75) is 66.7 Å². The topological polar surface area (TPSA) is 93.5 Å². The van der Waals surface area contributed by atoms with Crippen LogP contribution in [-0.2, 0) is 11.3 Å². The number of carbonyl (C=O) groups excluding carboxylic acids is 2. The minimum atomic E-state index is -0.525. The van der Waals surface area contributed by atoms with E-state index in [1.807, 2.05) is 84.9 Å². The molecule has 1 heterocycles. The average molecular weight is 496 g/mol. The van der Waals surface area contributed by atoms with Gasteiger partial charge in [-0.15, -0.1) is 11.3 Å². The molecule has 0 aliphatic rings. The zero-order valence-corrected chi connectivity index (χ0v) is 22.5. The highest BCUT2D eigenvalue weighted by molar-refractivity contribution is 7.15. The molecule has 1 aromatic heterocycles. The van der Waals surface area contributed by atoms with Crippen molar-refractivity contribution in [3.8, 4) is 10.4 Å². The number of alkyl carbamates (subject to hydrolysis) is 1. The fourth-order valence-corrected chi connectivity index (χ4v) is 4.25. The highest BCUT2D eigenvalue weighted by Crippen LogP contribution is 2.30. The third-order valence-electron chi connectivity index (χ3n) is 4.99. The smallest absolute Gasteiger partial charge is 0.407 e. The largest absolute Gasteiger partial charge is 0.444 e. The van der Waals surface area contributed by atoms with Crippen LogP contribution in [0.2, 0.25) is 0 Å². The van der Waals surface area contributed by atoms with Crippen molar-refractivity contribution in [1.29, 1.82) is 0 Å². The lowest BCUT2D eigenvalue weighted by molar-refractivity contribution is 0.0524. The van der Waals surface area contributed by atoms with E-state index in [0.717, 1.165) is 26.4 Å². The summed E-state index contributed by atoms with van der Waals surface area (Å²) in [6.45, 7) is 13.8. The Labute approximate surface area is 212 Å². The Morgan fingerprint density at radius 2 is 1.77 bits per heavy atom. The normalized spacial score (nSPS) is 11.6. The van der Waals surface area contributed by atoms with Crippen molar-refractivity contribution < 1.29 is 14.3 Å². The van der Waals surface area contributed by atoms with E-state index in [-0.39, 0.29) is 11.9 Å². The van der Waals surface area contributed by atoms with E-state index >= 15 is 0 Å². The Hall–Kier alpha value is -3.32. The third-order valence-corrected chi connectivity index (χ3v) is 6.13. The van der Waals surface area contributed by atoms with E-state index < -0.39 is 11.7 Å². The second-order valence-electron chi connectivity index (χ2n) is 9.02. The minimum Gasteiger partial charge on any atom is -0.444 e. The van der Waals surface area contributed by atoms with Crippen molar-refractivity contribution in [2.24, 2.45) is 0 Å². The highest BCUT2D eigenvalue weighted by atomic mass is 32.1. The van der Waals surface area contributed by atoms with E-state index in [9.17, 15) is 9.59 Å². The Kier molecular flexibility index (Phi) is 9.89. The number of amides is 2. The van der Waals surface area contributed by atoms with Crippen molar-refractivity contribution >= 4 is 29.0 Å². The molecule has 2 aromatic carbocycles. The van der Waals surface area contributed by atoms with Crippen LogP contribution in [0.3, 0.4) is 0 Å². The fraction of sp³-hybridized carbons (Fsp3) is 0.357. The van der Waals surface area contributed by atoms with Crippen LogP contribution in [-0.4, -0.2) is 17.6 Å². The quantitative estimate of drug-likeness (QED) is 0.326. The standard InChI is InChI=1S/C26H31N3O3S.C2H6/c1-16-9-10-20(27)14-22(16)24(30)29-17(2)18-7-6-8-19(13-18)23-12-11-21(33-23)15-28-25(31)32-26(3,4)5;1-2/h6-14,17H,15,27H2,1-5H3,(H,28,31)(H,29,30);1-2H3. The minimum absolute atomic E-state index is 0.149. The molecule has 0 fully saturated rings. The number of hydrogen-bond acceptors (Lipinski definition) is 5. The molecule has 4 N–H and O–H groups in total. The van der Waals surface area contributed by atoms with Gasteiger partial charge in [0.15, 0.2) is 0 Å². The van der Waals surface area contributed by atoms with Crippen LogP contribution in [0.15, 0.2) is 54.6 Å². The summed E-state index contributed by atoms with van der Waals surface area (Å²) in [5.41, 5.74) is 9.42. The average Bonchev–Trinajstić information content (AvgIpc) is 3.29. The van der Waals surface area contributed by atoms with Crippen molar-refractivity contribution in [3.05, 3.63) is 76.2 Å². The van der Waals surface area contributed by atoms with Crippen LogP contribution in [0.1, 0.15) is 73.9 Å². The summed E-state index contributed by atoms with van der Waals surface area (Å²) in [7, 11) is 0. The van der Waals surface area contributed by atoms with Gasteiger partial charge < -0.3 is 21.1 Å². The van der Waals surface area contributed by atoms with Crippen LogP contribution in [0, 0.1) is 6.92 Å².